The molecule has 1 heterocycles. The van der Waals surface area contributed by atoms with Gasteiger partial charge in [-0.1, -0.05) is 0 Å². The molecule has 4 heteroatoms. The molecule has 0 saturated carbocycles. The van der Waals surface area contributed by atoms with E-state index in [1.807, 2.05) is 6.20 Å². The van der Waals surface area contributed by atoms with Crippen LogP contribution in [0.3, 0.4) is 0 Å². The monoisotopic (exact) mass is 168 g/mol. The van der Waals surface area contributed by atoms with Crippen LogP contribution in [0, 0.1) is 0 Å². The third kappa shape index (κ3) is 1.58. The van der Waals surface area contributed by atoms with Gasteiger partial charge in [-0.25, -0.2) is 0 Å². The standard InChI is InChI=1S/C8H16N4/c1-3-12(4-2)8-6-10-11-7(8)5-9/h6H,3-5,9H2,1-2H3,(H,10,11). The first-order valence-electron chi connectivity index (χ1n) is 4.30. The average Bonchev–Trinajstić information content (AvgIpc) is 2.55. The minimum atomic E-state index is 0.520. The molecule has 0 aliphatic heterocycles. The normalized spacial score (nSPS) is 10.2. The van der Waals surface area contributed by atoms with Crippen LogP contribution in [-0.4, -0.2) is 23.3 Å². The van der Waals surface area contributed by atoms with Gasteiger partial charge in [0.15, 0.2) is 0 Å². The summed E-state index contributed by atoms with van der Waals surface area (Å²) in [5.74, 6) is 0. The number of nitrogens with one attached hydrogen (secondary N) is 1. The van der Waals surface area contributed by atoms with Crippen LogP contribution in [0.2, 0.25) is 0 Å². The van der Waals surface area contributed by atoms with E-state index in [4.69, 9.17) is 5.73 Å². The number of nitrogens with two attached hydrogens (primary N) is 1. The number of H-pyrrole nitrogens is 1. The lowest BCUT2D eigenvalue weighted by molar-refractivity contribution is 0.850. The molecule has 3 N–H and O–H groups in total. The van der Waals surface area contributed by atoms with E-state index in [9.17, 15) is 0 Å². The Balaban J connectivity index is 2.83. The van der Waals surface area contributed by atoms with Crippen molar-refractivity contribution in [1.29, 1.82) is 0 Å². The second-order valence-electron chi connectivity index (χ2n) is 2.61. The van der Waals surface area contributed by atoms with Gasteiger partial charge in [0.2, 0.25) is 0 Å². The van der Waals surface area contributed by atoms with Gasteiger partial charge in [0.1, 0.15) is 0 Å². The van der Waals surface area contributed by atoms with Crippen molar-refractivity contribution in [3.8, 4) is 0 Å². The van der Waals surface area contributed by atoms with Crippen LogP contribution in [-0.2, 0) is 6.54 Å². The van der Waals surface area contributed by atoms with Gasteiger partial charge in [-0.05, 0) is 13.8 Å². The van der Waals surface area contributed by atoms with Crippen molar-refractivity contribution < 1.29 is 0 Å². The first-order valence-corrected chi connectivity index (χ1v) is 4.30. The largest absolute Gasteiger partial charge is 0.369 e. The predicted molar refractivity (Wildman–Crippen MR) is 50.0 cm³/mol. The number of hydrogen-bond donors (Lipinski definition) is 2. The topological polar surface area (TPSA) is 57.9 Å². The minimum Gasteiger partial charge on any atom is -0.369 e. The molecule has 0 aromatic carbocycles. The van der Waals surface area contributed by atoms with Crippen molar-refractivity contribution in [3.63, 3.8) is 0 Å². The second-order valence-corrected chi connectivity index (χ2v) is 2.61. The number of hydrogen-bond acceptors (Lipinski definition) is 3. The van der Waals surface area contributed by atoms with Crippen molar-refractivity contribution in [2.45, 2.75) is 20.4 Å². The van der Waals surface area contributed by atoms with Gasteiger partial charge in [0.25, 0.3) is 0 Å². The van der Waals surface area contributed by atoms with Crippen molar-refractivity contribution in [2.75, 3.05) is 18.0 Å². The first kappa shape index (κ1) is 9.06. The summed E-state index contributed by atoms with van der Waals surface area (Å²) in [5.41, 5.74) is 7.68. The fourth-order valence-electron chi connectivity index (χ4n) is 1.29. The van der Waals surface area contributed by atoms with Crippen LogP contribution in [0.1, 0.15) is 19.5 Å². The predicted octanol–water partition coefficient (Wildman–Crippen LogP) is 0.715. The quantitative estimate of drug-likeness (QED) is 0.696. The molecule has 0 spiro atoms. The van der Waals surface area contributed by atoms with E-state index in [-0.39, 0.29) is 0 Å². The molecule has 1 rings (SSSR count). The molecule has 0 aliphatic rings. The lowest BCUT2D eigenvalue weighted by Crippen LogP contribution is -2.23. The molecule has 0 amide bonds. The number of anilines is 1. The second kappa shape index (κ2) is 4.11. The maximum Gasteiger partial charge on any atom is 0.0795 e. The zero-order chi connectivity index (χ0) is 8.97. The van der Waals surface area contributed by atoms with E-state index in [2.05, 4.69) is 28.9 Å². The Kier molecular flexibility index (Phi) is 3.10. The molecule has 1 aromatic rings. The number of nitrogens with zero attached hydrogens (tertiary/aromatic N) is 2. The minimum absolute atomic E-state index is 0.520. The summed E-state index contributed by atoms with van der Waals surface area (Å²) in [6.45, 7) is 6.74. The summed E-state index contributed by atoms with van der Waals surface area (Å²) in [6, 6.07) is 0. The van der Waals surface area contributed by atoms with Crippen LogP contribution in [0.15, 0.2) is 6.20 Å². The van der Waals surface area contributed by atoms with Crippen LogP contribution in [0.25, 0.3) is 0 Å². The fraction of sp³-hybridized carbons (Fsp3) is 0.625. The summed E-state index contributed by atoms with van der Waals surface area (Å²) in [6.07, 6.45) is 1.83. The Morgan fingerprint density at radius 2 is 2.17 bits per heavy atom. The van der Waals surface area contributed by atoms with Gasteiger partial charge in [-0.15, -0.1) is 0 Å². The molecule has 0 radical (unpaired) electrons. The van der Waals surface area contributed by atoms with E-state index in [0.717, 1.165) is 24.5 Å². The van der Waals surface area contributed by atoms with E-state index < -0.39 is 0 Å². The zero-order valence-corrected chi connectivity index (χ0v) is 7.67. The molecule has 0 unspecified atom stereocenters. The highest BCUT2D eigenvalue weighted by molar-refractivity contribution is 5.48. The van der Waals surface area contributed by atoms with Gasteiger partial charge in [0, 0.05) is 19.6 Å². The average molecular weight is 168 g/mol. The summed E-state index contributed by atoms with van der Waals surface area (Å²) >= 11 is 0. The molecule has 1 aromatic heterocycles. The molecule has 12 heavy (non-hydrogen) atoms. The fourth-order valence-corrected chi connectivity index (χ4v) is 1.29. The zero-order valence-electron chi connectivity index (χ0n) is 7.67. The lowest BCUT2D eigenvalue weighted by Gasteiger charge is -2.19. The summed E-state index contributed by atoms with van der Waals surface area (Å²) < 4.78 is 0. The Morgan fingerprint density at radius 3 is 2.67 bits per heavy atom. The number of rotatable bonds is 4. The molecule has 0 saturated heterocycles. The molecular weight excluding hydrogens is 152 g/mol. The van der Waals surface area contributed by atoms with Gasteiger partial charge in [-0.2, -0.15) is 5.10 Å². The van der Waals surface area contributed by atoms with Crippen molar-refractivity contribution in [3.05, 3.63) is 11.9 Å². The summed E-state index contributed by atoms with van der Waals surface area (Å²) in [4.78, 5) is 2.23. The Morgan fingerprint density at radius 1 is 1.50 bits per heavy atom. The Labute approximate surface area is 72.8 Å². The summed E-state index contributed by atoms with van der Waals surface area (Å²) in [7, 11) is 0. The van der Waals surface area contributed by atoms with Crippen LogP contribution in [0.4, 0.5) is 5.69 Å². The number of aromatic nitrogens is 2. The number of aromatic amines is 1. The molecule has 4 nitrogen and oxygen atoms in total. The van der Waals surface area contributed by atoms with Crippen molar-refractivity contribution >= 4 is 5.69 Å². The third-order valence-electron chi connectivity index (χ3n) is 2.00. The molecule has 0 atom stereocenters. The maximum absolute atomic E-state index is 5.54. The Hall–Kier alpha value is -1.03. The van der Waals surface area contributed by atoms with Crippen molar-refractivity contribution in [1.82, 2.24) is 10.2 Å². The van der Waals surface area contributed by atoms with Gasteiger partial charge >= 0.3 is 0 Å². The highest BCUT2D eigenvalue weighted by Gasteiger charge is 2.07. The van der Waals surface area contributed by atoms with Gasteiger partial charge < -0.3 is 10.6 Å². The smallest absolute Gasteiger partial charge is 0.0795 e. The first-order chi connectivity index (χ1) is 5.83. The molecule has 0 fully saturated rings. The van der Waals surface area contributed by atoms with Crippen LogP contribution < -0.4 is 10.6 Å². The van der Waals surface area contributed by atoms with Gasteiger partial charge in [-0.3, -0.25) is 5.10 Å². The van der Waals surface area contributed by atoms with E-state index >= 15 is 0 Å². The Bertz CT molecular complexity index is 227. The lowest BCUT2D eigenvalue weighted by atomic mass is 10.3. The highest BCUT2D eigenvalue weighted by Crippen LogP contribution is 2.16. The highest BCUT2D eigenvalue weighted by atomic mass is 15.2. The van der Waals surface area contributed by atoms with Crippen LogP contribution >= 0.6 is 0 Å². The molecule has 68 valence electrons. The van der Waals surface area contributed by atoms with E-state index in [1.165, 1.54) is 0 Å². The third-order valence-corrected chi connectivity index (χ3v) is 2.00. The summed E-state index contributed by atoms with van der Waals surface area (Å²) in [5, 5.41) is 6.85. The van der Waals surface area contributed by atoms with Gasteiger partial charge in [0.05, 0.1) is 17.6 Å². The molecule has 0 bridgehead atoms. The van der Waals surface area contributed by atoms with E-state index in [0.29, 0.717) is 6.54 Å². The molecule has 0 aliphatic carbocycles. The molecular formula is C8H16N4. The van der Waals surface area contributed by atoms with Crippen molar-refractivity contribution in [2.24, 2.45) is 5.73 Å². The van der Waals surface area contributed by atoms with E-state index in [1.54, 1.807) is 0 Å². The maximum atomic E-state index is 5.54. The van der Waals surface area contributed by atoms with Crippen LogP contribution in [0.5, 0.6) is 0 Å². The SMILES string of the molecule is CCN(CC)c1cn[nH]c1CN.